The largest absolute Gasteiger partial charge is 0.417 e. The molecule has 1 aliphatic heterocycles. The zero-order valence-corrected chi connectivity index (χ0v) is 15.7. The number of carbonyl (C=O) groups is 1. The number of amides is 1. The van der Waals surface area contributed by atoms with Gasteiger partial charge in [0.2, 0.25) is 5.91 Å². The number of pyridine rings is 1. The van der Waals surface area contributed by atoms with Crippen molar-refractivity contribution in [3.05, 3.63) is 35.7 Å². The van der Waals surface area contributed by atoms with Gasteiger partial charge in [-0.2, -0.15) is 13.2 Å². The SMILES string of the molecule is CC(C)[C@]1(C(=O)N2CC=C(c3cncc(C(F)(F)F)c3)CC2)CC[C@@H](N)C1. The number of rotatable bonds is 3. The third-order valence-electron chi connectivity index (χ3n) is 6.05. The summed E-state index contributed by atoms with van der Waals surface area (Å²) in [5, 5.41) is 0. The van der Waals surface area contributed by atoms with Gasteiger partial charge in [-0.1, -0.05) is 19.9 Å². The van der Waals surface area contributed by atoms with Crippen LogP contribution in [0.25, 0.3) is 5.57 Å². The van der Waals surface area contributed by atoms with E-state index in [0.29, 0.717) is 31.5 Å². The maximum atomic E-state index is 13.2. The second-order valence-electron chi connectivity index (χ2n) is 8.00. The number of nitrogens with zero attached hydrogens (tertiary/aromatic N) is 2. The van der Waals surface area contributed by atoms with Crippen molar-refractivity contribution in [2.75, 3.05) is 13.1 Å². The molecular formula is C20H26F3N3O. The highest BCUT2D eigenvalue weighted by Gasteiger charge is 2.48. The van der Waals surface area contributed by atoms with E-state index in [9.17, 15) is 18.0 Å². The third-order valence-corrected chi connectivity index (χ3v) is 6.05. The maximum Gasteiger partial charge on any atom is 0.417 e. The molecule has 0 unspecified atom stereocenters. The van der Waals surface area contributed by atoms with Crippen molar-refractivity contribution in [2.45, 2.75) is 51.7 Å². The highest BCUT2D eigenvalue weighted by Crippen LogP contribution is 2.45. The zero-order valence-electron chi connectivity index (χ0n) is 15.7. The molecule has 0 spiro atoms. The van der Waals surface area contributed by atoms with E-state index in [-0.39, 0.29) is 17.9 Å². The Morgan fingerprint density at radius 3 is 2.63 bits per heavy atom. The molecule has 1 aromatic heterocycles. The fourth-order valence-corrected chi connectivity index (χ4v) is 4.28. The fraction of sp³-hybridized carbons (Fsp3) is 0.600. The summed E-state index contributed by atoms with van der Waals surface area (Å²) in [5.41, 5.74) is 6.19. The lowest BCUT2D eigenvalue weighted by molar-refractivity contribution is -0.144. The average molecular weight is 381 g/mol. The van der Waals surface area contributed by atoms with Gasteiger partial charge in [-0.05, 0) is 48.8 Å². The van der Waals surface area contributed by atoms with Crippen LogP contribution in [0.2, 0.25) is 0 Å². The quantitative estimate of drug-likeness (QED) is 0.865. The highest BCUT2D eigenvalue weighted by atomic mass is 19.4. The summed E-state index contributed by atoms with van der Waals surface area (Å²) >= 11 is 0. The molecule has 1 amide bonds. The molecule has 2 heterocycles. The van der Waals surface area contributed by atoms with Crippen molar-refractivity contribution in [3.63, 3.8) is 0 Å². The van der Waals surface area contributed by atoms with Crippen molar-refractivity contribution >= 4 is 11.5 Å². The number of hydrogen-bond donors (Lipinski definition) is 1. The first-order chi connectivity index (χ1) is 12.6. The zero-order chi connectivity index (χ0) is 19.8. The van der Waals surface area contributed by atoms with E-state index >= 15 is 0 Å². The van der Waals surface area contributed by atoms with Gasteiger partial charge >= 0.3 is 6.18 Å². The van der Waals surface area contributed by atoms with E-state index in [1.54, 1.807) is 0 Å². The highest BCUT2D eigenvalue weighted by molar-refractivity contribution is 5.84. The Morgan fingerprint density at radius 2 is 2.11 bits per heavy atom. The van der Waals surface area contributed by atoms with Gasteiger partial charge in [0, 0.05) is 31.5 Å². The van der Waals surface area contributed by atoms with Gasteiger partial charge < -0.3 is 10.6 Å². The Morgan fingerprint density at radius 1 is 1.37 bits per heavy atom. The van der Waals surface area contributed by atoms with Crippen molar-refractivity contribution in [3.8, 4) is 0 Å². The van der Waals surface area contributed by atoms with Crippen LogP contribution in [0.5, 0.6) is 0 Å². The Kier molecular flexibility index (Phi) is 5.34. The van der Waals surface area contributed by atoms with Crippen LogP contribution in [0.1, 0.15) is 50.7 Å². The molecule has 0 saturated heterocycles. The summed E-state index contributed by atoms with van der Waals surface area (Å²) in [6.07, 6.45) is 2.60. The molecule has 148 valence electrons. The number of hydrogen-bond acceptors (Lipinski definition) is 3. The predicted octanol–water partition coefficient (Wildman–Crippen LogP) is 3.87. The van der Waals surface area contributed by atoms with E-state index in [1.807, 2.05) is 11.0 Å². The van der Waals surface area contributed by atoms with Gasteiger partial charge in [0.15, 0.2) is 0 Å². The minimum absolute atomic E-state index is 0.0587. The summed E-state index contributed by atoms with van der Waals surface area (Å²) in [6, 6.07) is 1.19. The van der Waals surface area contributed by atoms with E-state index < -0.39 is 17.2 Å². The van der Waals surface area contributed by atoms with Crippen molar-refractivity contribution < 1.29 is 18.0 Å². The lowest BCUT2D eigenvalue weighted by atomic mass is 9.74. The summed E-state index contributed by atoms with van der Waals surface area (Å²) in [5.74, 6) is 0.333. The predicted molar refractivity (Wildman–Crippen MR) is 97.5 cm³/mol. The van der Waals surface area contributed by atoms with Crippen molar-refractivity contribution in [2.24, 2.45) is 17.1 Å². The van der Waals surface area contributed by atoms with E-state index in [0.717, 1.165) is 30.7 Å². The summed E-state index contributed by atoms with van der Waals surface area (Å²) in [6.45, 7) is 5.05. The number of nitrogens with two attached hydrogens (primary N) is 1. The standard InChI is InChI=1S/C20H26F3N3O/c1-13(2)19(6-3-17(24)10-19)18(27)26-7-4-14(5-8-26)15-9-16(12-25-11-15)20(21,22)23/h4,9,11-13,17H,3,5-8,10,24H2,1-2H3/t17-,19+/m1/s1. The molecule has 0 radical (unpaired) electrons. The third kappa shape index (κ3) is 3.88. The van der Waals surface area contributed by atoms with Gasteiger partial charge in [-0.3, -0.25) is 9.78 Å². The summed E-state index contributed by atoms with van der Waals surface area (Å²) < 4.78 is 38.7. The Hall–Kier alpha value is -1.89. The van der Waals surface area contributed by atoms with Crippen LogP contribution < -0.4 is 5.73 Å². The van der Waals surface area contributed by atoms with E-state index in [1.165, 1.54) is 6.20 Å². The van der Waals surface area contributed by atoms with Crippen LogP contribution in [0, 0.1) is 11.3 Å². The minimum Gasteiger partial charge on any atom is -0.338 e. The molecule has 2 atom stereocenters. The maximum absolute atomic E-state index is 13.2. The number of aromatic nitrogens is 1. The van der Waals surface area contributed by atoms with E-state index in [2.05, 4.69) is 18.8 Å². The monoisotopic (exact) mass is 381 g/mol. The normalized spacial score (nSPS) is 26.4. The minimum atomic E-state index is -4.41. The Labute approximate surface area is 157 Å². The first kappa shape index (κ1) is 19.9. The van der Waals surface area contributed by atoms with Gasteiger partial charge in [0.05, 0.1) is 11.0 Å². The molecular weight excluding hydrogens is 355 g/mol. The summed E-state index contributed by atoms with van der Waals surface area (Å²) in [7, 11) is 0. The van der Waals surface area contributed by atoms with Crippen LogP contribution in [0.3, 0.4) is 0 Å². The van der Waals surface area contributed by atoms with Crippen LogP contribution in [-0.4, -0.2) is 34.9 Å². The molecule has 0 bridgehead atoms. The lowest BCUT2D eigenvalue weighted by Gasteiger charge is -2.38. The molecule has 1 aromatic rings. The molecule has 1 aliphatic carbocycles. The van der Waals surface area contributed by atoms with E-state index in [4.69, 9.17) is 5.73 Å². The summed E-state index contributed by atoms with van der Waals surface area (Å²) in [4.78, 5) is 18.8. The molecule has 2 N–H and O–H groups in total. The van der Waals surface area contributed by atoms with Crippen LogP contribution in [-0.2, 0) is 11.0 Å². The Balaban J connectivity index is 1.76. The van der Waals surface area contributed by atoms with Gasteiger partial charge in [0.25, 0.3) is 0 Å². The van der Waals surface area contributed by atoms with Gasteiger partial charge in [-0.25, -0.2) is 0 Å². The topological polar surface area (TPSA) is 59.2 Å². The van der Waals surface area contributed by atoms with Crippen LogP contribution in [0.15, 0.2) is 24.5 Å². The Bertz CT molecular complexity index is 744. The first-order valence-electron chi connectivity index (χ1n) is 9.40. The molecule has 0 aromatic carbocycles. The number of halogens is 3. The molecule has 1 fully saturated rings. The second-order valence-corrected chi connectivity index (χ2v) is 8.00. The number of carbonyl (C=O) groups excluding carboxylic acids is 1. The fourth-order valence-electron chi connectivity index (χ4n) is 4.28. The van der Waals surface area contributed by atoms with Crippen LogP contribution in [0.4, 0.5) is 13.2 Å². The first-order valence-corrected chi connectivity index (χ1v) is 9.40. The van der Waals surface area contributed by atoms with Crippen molar-refractivity contribution in [1.82, 2.24) is 9.88 Å². The molecule has 27 heavy (non-hydrogen) atoms. The number of alkyl halides is 3. The second kappa shape index (κ2) is 7.26. The van der Waals surface area contributed by atoms with Gasteiger partial charge in [0.1, 0.15) is 0 Å². The molecule has 7 heteroatoms. The average Bonchev–Trinajstić information content (AvgIpc) is 3.04. The van der Waals surface area contributed by atoms with Gasteiger partial charge in [-0.15, -0.1) is 0 Å². The molecule has 2 aliphatic rings. The molecule has 3 rings (SSSR count). The van der Waals surface area contributed by atoms with Crippen molar-refractivity contribution in [1.29, 1.82) is 0 Å². The molecule has 4 nitrogen and oxygen atoms in total. The molecule has 1 saturated carbocycles. The lowest BCUT2D eigenvalue weighted by Crippen LogP contribution is -2.47. The van der Waals surface area contributed by atoms with Crippen LogP contribution >= 0.6 is 0 Å². The smallest absolute Gasteiger partial charge is 0.338 e.